The first-order valence-electron chi connectivity index (χ1n) is 5.40. The molecule has 1 atom stereocenters. The Bertz CT molecular complexity index is 303. The lowest BCUT2D eigenvalue weighted by atomic mass is 10.1. The predicted octanol–water partition coefficient (Wildman–Crippen LogP) is 0.572. The van der Waals surface area contributed by atoms with Gasteiger partial charge in [0.2, 0.25) is 0 Å². The van der Waals surface area contributed by atoms with E-state index in [-0.39, 0.29) is 0 Å². The molecule has 0 aliphatic carbocycles. The molecule has 1 fully saturated rings. The van der Waals surface area contributed by atoms with Crippen molar-refractivity contribution in [2.45, 2.75) is 38.6 Å². The smallest absolute Gasteiger partial charge is 0.325 e. The summed E-state index contributed by atoms with van der Waals surface area (Å²) >= 11 is 0. The third-order valence-corrected chi connectivity index (χ3v) is 2.50. The van der Waals surface area contributed by atoms with E-state index in [1.165, 1.54) is 0 Å². The van der Waals surface area contributed by atoms with Crippen LogP contribution in [0.5, 0.6) is 0 Å². The Morgan fingerprint density at radius 1 is 1.44 bits per heavy atom. The highest BCUT2D eigenvalue weighted by molar-refractivity contribution is 6.05. The highest BCUT2D eigenvalue weighted by Crippen LogP contribution is 2.12. The van der Waals surface area contributed by atoms with Crippen LogP contribution < -0.4 is 5.32 Å². The maximum Gasteiger partial charge on any atom is 0.325 e. The highest BCUT2D eigenvalue weighted by Gasteiger charge is 2.38. The van der Waals surface area contributed by atoms with Crippen LogP contribution in [0.15, 0.2) is 0 Å². The van der Waals surface area contributed by atoms with Crippen molar-refractivity contribution in [2.24, 2.45) is 0 Å². The number of carboxylic acid groups (broad SMARTS) is 1. The van der Waals surface area contributed by atoms with Crippen LogP contribution in [-0.4, -0.2) is 40.5 Å². The number of carboxylic acids is 1. The summed E-state index contributed by atoms with van der Waals surface area (Å²) in [4.78, 5) is 34.1. The van der Waals surface area contributed by atoms with E-state index in [1.54, 1.807) is 0 Å². The maximum atomic E-state index is 11.6. The number of aliphatic carboxylic acids is 1. The first-order chi connectivity index (χ1) is 7.56. The van der Waals surface area contributed by atoms with Crippen molar-refractivity contribution in [2.75, 3.05) is 6.54 Å². The van der Waals surface area contributed by atoms with Crippen molar-refractivity contribution in [3.05, 3.63) is 0 Å². The van der Waals surface area contributed by atoms with Crippen LogP contribution in [0.25, 0.3) is 0 Å². The fraction of sp³-hybridized carbons (Fsp3) is 0.700. The molecule has 1 aliphatic rings. The van der Waals surface area contributed by atoms with Gasteiger partial charge in [0, 0.05) is 0 Å². The van der Waals surface area contributed by atoms with Gasteiger partial charge in [-0.2, -0.15) is 0 Å². The van der Waals surface area contributed by atoms with Gasteiger partial charge in [-0.1, -0.05) is 26.2 Å². The van der Waals surface area contributed by atoms with E-state index in [0.717, 1.165) is 24.2 Å². The Balaban J connectivity index is 2.49. The normalized spacial score (nSPS) is 20.1. The lowest BCUT2D eigenvalue weighted by Gasteiger charge is -2.09. The monoisotopic (exact) mass is 228 g/mol. The van der Waals surface area contributed by atoms with Gasteiger partial charge in [-0.25, -0.2) is 4.79 Å². The lowest BCUT2D eigenvalue weighted by Crippen LogP contribution is -2.36. The third-order valence-electron chi connectivity index (χ3n) is 2.50. The van der Waals surface area contributed by atoms with Gasteiger partial charge in [-0.15, -0.1) is 0 Å². The molecular weight excluding hydrogens is 212 g/mol. The lowest BCUT2D eigenvalue weighted by molar-refractivity contribution is -0.141. The van der Waals surface area contributed by atoms with E-state index < -0.39 is 30.5 Å². The minimum atomic E-state index is -1.18. The molecule has 1 rings (SSSR count). The average Bonchev–Trinajstić information content (AvgIpc) is 2.46. The number of amides is 3. The molecule has 6 nitrogen and oxygen atoms in total. The Morgan fingerprint density at radius 3 is 2.69 bits per heavy atom. The zero-order valence-electron chi connectivity index (χ0n) is 9.23. The standard InChI is InChI=1S/C10H16N2O4/c1-2-3-4-5-7-9(15)12(6-8(13)14)10(16)11-7/h7H,2-6H2,1H3,(H,11,16)(H,13,14). The molecule has 1 unspecified atom stereocenters. The maximum absolute atomic E-state index is 11.6. The summed E-state index contributed by atoms with van der Waals surface area (Å²) in [5.41, 5.74) is 0. The summed E-state index contributed by atoms with van der Waals surface area (Å²) in [7, 11) is 0. The summed E-state index contributed by atoms with van der Waals surface area (Å²) in [6.07, 6.45) is 3.47. The SMILES string of the molecule is CCCCCC1NC(=O)N(CC(=O)O)C1=O. The van der Waals surface area contributed by atoms with Crippen LogP contribution >= 0.6 is 0 Å². The second kappa shape index (κ2) is 5.48. The fourth-order valence-electron chi connectivity index (χ4n) is 1.66. The van der Waals surface area contributed by atoms with Crippen LogP contribution in [0.3, 0.4) is 0 Å². The largest absolute Gasteiger partial charge is 0.480 e. The van der Waals surface area contributed by atoms with Crippen LogP contribution in [0.2, 0.25) is 0 Å². The number of imide groups is 1. The molecular formula is C10H16N2O4. The number of urea groups is 1. The predicted molar refractivity (Wildman–Crippen MR) is 55.8 cm³/mol. The number of hydrogen-bond donors (Lipinski definition) is 2. The Morgan fingerprint density at radius 2 is 2.12 bits per heavy atom. The quantitative estimate of drug-likeness (QED) is 0.514. The van der Waals surface area contributed by atoms with E-state index in [1.807, 2.05) is 6.92 Å². The number of nitrogens with one attached hydrogen (secondary N) is 1. The molecule has 1 heterocycles. The summed E-state index contributed by atoms with van der Waals surface area (Å²) in [6.45, 7) is 1.49. The van der Waals surface area contributed by atoms with Crippen molar-refractivity contribution in [3.63, 3.8) is 0 Å². The van der Waals surface area contributed by atoms with Crippen molar-refractivity contribution in [3.8, 4) is 0 Å². The number of carbonyl (C=O) groups is 3. The minimum absolute atomic E-state index is 0.427. The zero-order valence-corrected chi connectivity index (χ0v) is 9.23. The van der Waals surface area contributed by atoms with Gasteiger partial charge in [-0.3, -0.25) is 14.5 Å². The molecule has 0 spiro atoms. The van der Waals surface area contributed by atoms with E-state index in [4.69, 9.17) is 5.11 Å². The van der Waals surface area contributed by atoms with E-state index in [9.17, 15) is 14.4 Å². The molecule has 0 bridgehead atoms. The Kier molecular flexibility index (Phi) is 4.28. The number of unbranched alkanes of at least 4 members (excludes halogenated alkanes) is 2. The molecule has 0 radical (unpaired) electrons. The highest BCUT2D eigenvalue weighted by atomic mass is 16.4. The van der Waals surface area contributed by atoms with Gasteiger partial charge in [0.1, 0.15) is 12.6 Å². The van der Waals surface area contributed by atoms with Crippen molar-refractivity contribution in [1.29, 1.82) is 0 Å². The molecule has 0 saturated carbocycles. The van der Waals surface area contributed by atoms with Crippen molar-refractivity contribution >= 4 is 17.9 Å². The molecule has 1 aliphatic heterocycles. The summed E-state index contributed by atoms with van der Waals surface area (Å²) in [6, 6.07) is -1.15. The van der Waals surface area contributed by atoms with Gasteiger partial charge in [0.15, 0.2) is 0 Å². The van der Waals surface area contributed by atoms with E-state index >= 15 is 0 Å². The Hall–Kier alpha value is -1.59. The molecule has 3 amide bonds. The number of rotatable bonds is 6. The molecule has 90 valence electrons. The molecule has 1 saturated heterocycles. The molecule has 0 aromatic carbocycles. The molecule has 6 heteroatoms. The first-order valence-corrected chi connectivity index (χ1v) is 5.40. The molecule has 0 aromatic heterocycles. The summed E-state index contributed by atoms with van der Waals surface area (Å²) in [5, 5.41) is 11.0. The zero-order chi connectivity index (χ0) is 12.1. The summed E-state index contributed by atoms with van der Waals surface area (Å²) in [5.74, 6) is -1.61. The van der Waals surface area contributed by atoms with Crippen LogP contribution in [0.1, 0.15) is 32.6 Å². The minimum Gasteiger partial charge on any atom is -0.480 e. The first kappa shape index (κ1) is 12.5. The van der Waals surface area contributed by atoms with E-state index in [0.29, 0.717) is 6.42 Å². The fourth-order valence-corrected chi connectivity index (χ4v) is 1.66. The van der Waals surface area contributed by atoms with Crippen LogP contribution in [0.4, 0.5) is 4.79 Å². The second-order valence-electron chi connectivity index (χ2n) is 3.82. The van der Waals surface area contributed by atoms with Crippen molar-refractivity contribution in [1.82, 2.24) is 10.2 Å². The van der Waals surface area contributed by atoms with Gasteiger partial charge in [0.05, 0.1) is 0 Å². The third kappa shape index (κ3) is 2.95. The molecule has 0 aromatic rings. The number of carbonyl (C=O) groups excluding carboxylic acids is 2. The molecule has 2 N–H and O–H groups in total. The van der Waals surface area contributed by atoms with Crippen molar-refractivity contribution < 1.29 is 19.5 Å². The Labute approximate surface area is 93.6 Å². The molecule has 16 heavy (non-hydrogen) atoms. The average molecular weight is 228 g/mol. The number of nitrogens with zero attached hydrogens (tertiary/aromatic N) is 1. The van der Waals surface area contributed by atoms with Crippen LogP contribution in [-0.2, 0) is 9.59 Å². The van der Waals surface area contributed by atoms with E-state index in [2.05, 4.69) is 5.32 Å². The van der Waals surface area contributed by atoms with Gasteiger partial charge in [-0.05, 0) is 6.42 Å². The summed E-state index contributed by atoms with van der Waals surface area (Å²) < 4.78 is 0. The van der Waals surface area contributed by atoms with Gasteiger partial charge in [0.25, 0.3) is 5.91 Å². The topological polar surface area (TPSA) is 86.7 Å². The van der Waals surface area contributed by atoms with Gasteiger partial charge >= 0.3 is 12.0 Å². The number of hydrogen-bond acceptors (Lipinski definition) is 3. The van der Waals surface area contributed by atoms with Crippen LogP contribution in [0, 0.1) is 0 Å². The second-order valence-corrected chi connectivity index (χ2v) is 3.82. The van der Waals surface area contributed by atoms with Gasteiger partial charge < -0.3 is 10.4 Å².